The molecule has 14 heteroatoms. The zero-order chi connectivity index (χ0) is 40.2. The fourth-order valence-corrected chi connectivity index (χ4v) is 6.41. The van der Waals surface area contributed by atoms with E-state index < -0.39 is 72.2 Å². The van der Waals surface area contributed by atoms with Gasteiger partial charge in [0.15, 0.2) is 17.5 Å². The smallest absolute Gasteiger partial charge is 0.304 e. The minimum Gasteiger partial charge on any atom is -0.481 e. The molecule has 9 N–H and O–H groups in total. The van der Waals surface area contributed by atoms with Gasteiger partial charge < -0.3 is 37.6 Å². The predicted molar refractivity (Wildman–Crippen MR) is 208 cm³/mol. The Bertz CT molecular complexity index is 1130. The number of carbonyl (C=O) groups is 6. The Hall–Kier alpha value is -3.55. The highest BCUT2D eigenvalue weighted by atomic mass is 16.4. The molecule has 0 aromatic heterocycles. The number of amides is 3. The van der Waals surface area contributed by atoms with Crippen LogP contribution in [0, 0.1) is 17.8 Å². The number of Topliss-reactive ketones (excluding diaryl/α,β-unsaturated/α-hetero) is 2. The number of carboxylic acid groups (broad SMARTS) is 1. The molecule has 0 radical (unpaired) electrons. The van der Waals surface area contributed by atoms with Gasteiger partial charge in [0.25, 0.3) is 0 Å². The molecule has 0 heterocycles. The van der Waals surface area contributed by atoms with Gasteiger partial charge in [-0.25, -0.2) is 0 Å². The maximum Gasteiger partial charge on any atom is 0.304 e. The van der Waals surface area contributed by atoms with Crippen molar-refractivity contribution in [2.24, 2.45) is 34.2 Å². The SMILES string of the molecule is CCCCCCCCCCCCCCCC(=O)NC(C(=O)C[C@@H](CC(=O)O)C(=O)N[C@@H](CCCN=C(N)N)C(=O)C[C@@H](CC(C)C)C(=O)NC)[C@@H](C)O. The molecular weight excluding hydrogens is 680 g/mol. The van der Waals surface area contributed by atoms with E-state index in [0.29, 0.717) is 19.3 Å². The molecule has 0 bridgehead atoms. The standard InChI is InChI=1S/C39H72N6O8/c1-6-7-8-9-10-11-12-13-14-15-16-17-18-21-34(49)45-36(28(4)46)33(48)25-30(26-35(50)51)38(53)44-31(20-19-22-43-39(40)41)32(47)24-29(23-27(2)3)37(52)42-5/h27-31,36,46H,6-26H2,1-5H3,(H,42,52)(H,44,53)(H,45,49)(H,50,51)(H4,40,41,43)/t28-,29-,30+,31+,36?/m1/s1. The lowest BCUT2D eigenvalue weighted by Crippen LogP contribution is -2.50. The zero-order valence-electron chi connectivity index (χ0n) is 33.3. The van der Waals surface area contributed by atoms with Crippen molar-refractivity contribution in [2.45, 2.75) is 174 Å². The van der Waals surface area contributed by atoms with Crippen LogP contribution in [-0.4, -0.2) is 83.2 Å². The van der Waals surface area contributed by atoms with Crippen LogP contribution in [0.1, 0.15) is 156 Å². The second-order valence-corrected chi connectivity index (χ2v) is 14.9. The van der Waals surface area contributed by atoms with Crippen LogP contribution in [0.2, 0.25) is 0 Å². The lowest BCUT2D eigenvalue weighted by molar-refractivity contribution is -0.143. The Balaban J connectivity index is 5.33. The predicted octanol–water partition coefficient (Wildman–Crippen LogP) is 4.29. The second-order valence-electron chi connectivity index (χ2n) is 14.9. The molecule has 53 heavy (non-hydrogen) atoms. The summed E-state index contributed by atoms with van der Waals surface area (Å²) >= 11 is 0. The first-order chi connectivity index (χ1) is 25.1. The van der Waals surface area contributed by atoms with E-state index in [-0.39, 0.29) is 43.6 Å². The largest absolute Gasteiger partial charge is 0.481 e. The van der Waals surface area contributed by atoms with Gasteiger partial charge in [-0.3, -0.25) is 33.8 Å². The fourth-order valence-electron chi connectivity index (χ4n) is 6.41. The van der Waals surface area contributed by atoms with Crippen molar-refractivity contribution in [1.29, 1.82) is 0 Å². The maximum atomic E-state index is 13.5. The number of carbonyl (C=O) groups excluding carboxylic acids is 5. The van der Waals surface area contributed by atoms with Crippen molar-refractivity contribution in [2.75, 3.05) is 13.6 Å². The molecule has 0 aliphatic rings. The first-order valence-corrected chi connectivity index (χ1v) is 19.9. The molecule has 0 fully saturated rings. The average Bonchev–Trinajstić information content (AvgIpc) is 3.08. The van der Waals surface area contributed by atoms with E-state index in [1.165, 1.54) is 71.8 Å². The number of aliphatic hydroxyl groups is 1. The van der Waals surface area contributed by atoms with Gasteiger partial charge in [0.05, 0.1) is 24.5 Å². The Kier molecular flexibility index (Phi) is 27.9. The molecule has 0 saturated carbocycles. The highest BCUT2D eigenvalue weighted by Crippen LogP contribution is 2.20. The van der Waals surface area contributed by atoms with Crippen molar-refractivity contribution < 1.29 is 39.0 Å². The van der Waals surface area contributed by atoms with Crippen molar-refractivity contribution in [3.8, 4) is 0 Å². The summed E-state index contributed by atoms with van der Waals surface area (Å²) in [6.45, 7) is 7.57. The molecule has 5 atom stereocenters. The van der Waals surface area contributed by atoms with Gasteiger partial charge in [-0.1, -0.05) is 97.8 Å². The first kappa shape index (κ1) is 49.5. The Morgan fingerprint density at radius 2 is 1.21 bits per heavy atom. The number of unbranched alkanes of at least 4 members (excludes halogenated alkanes) is 12. The van der Waals surface area contributed by atoms with Gasteiger partial charge in [0.1, 0.15) is 6.04 Å². The molecule has 0 aromatic carbocycles. The number of nitrogens with zero attached hydrogens (tertiary/aromatic N) is 1. The third kappa shape index (κ3) is 25.2. The third-order valence-corrected chi connectivity index (χ3v) is 9.36. The van der Waals surface area contributed by atoms with Crippen molar-refractivity contribution >= 4 is 41.2 Å². The van der Waals surface area contributed by atoms with Crippen LogP contribution in [0.3, 0.4) is 0 Å². The maximum absolute atomic E-state index is 13.5. The number of nitrogens with one attached hydrogen (secondary N) is 3. The van der Waals surface area contributed by atoms with Crippen molar-refractivity contribution in [3.05, 3.63) is 0 Å². The quantitative estimate of drug-likeness (QED) is 0.0285. The first-order valence-electron chi connectivity index (χ1n) is 19.9. The van der Waals surface area contributed by atoms with E-state index in [0.717, 1.165) is 19.3 Å². The lowest BCUT2D eigenvalue weighted by atomic mass is 9.88. The number of rotatable bonds is 33. The van der Waals surface area contributed by atoms with E-state index >= 15 is 0 Å². The average molecular weight is 753 g/mol. The summed E-state index contributed by atoms with van der Waals surface area (Å²) in [5, 5.41) is 27.7. The summed E-state index contributed by atoms with van der Waals surface area (Å²) in [4.78, 5) is 81.3. The van der Waals surface area contributed by atoms with E-state index in [4.69, 9.17) is 11.5 Å². The molecule has 14 nitrogen and oxygen atoms in total. The van der Waals surface area contributed by atoms with Gasteiger partial charge in [-0.15, -0.1) is 0 Å². The minimum atomic E-state index is -1.39. The Morgan fingerprint density at radius 1 is 0.679 bits per heavy atom. The van der Waals surface area contributed by atoms with Crippen LogP contribution in [0.25, 0.3) is 0 Å². The molecule has 1 unspecified atom stereocenters. The number of guanidine groups is 1. The lowest BCUT2D eigenvalue weighted by Gasteiger charge is -2.25. The molecule has 3 amide bonds. The van der Waals surface area contributed by atoms with E-state index in [9.17, 15) is 39.0 Å². The number of aliphatic hydroxyl groups excluding tert-OH is 1. The van der Waals surface area contributed by atoms with Gasteiger partial charge in [-0.2, -0.15) is 0 Å². The molecule has 0 saturated heterocycles. The van der Waals surface area contributed by atoms with Crippen LogP contribution < -0.4 is 27.4 Å². The van der Waals surface area contributed by atoms with Crippen molar-refractivity contribution in [3.63, 3.8) is 0 Å². The molecule has 0 spiro atoms. The number of aliphatic carboxylic acids is 1. The number of carboxylic acids is 1. The molecule has 306 valence electrons. The number of ketones is 2. The Labute approximate surface area is 317 Å². The summed E-state index contributed by atoms with van der Waals surface area (Å²) in [5.74, 6) is -6.10. The van der Waals surface area contributed by atoms with Gasteiger partial charge in [-0.05, 0) is 38.5 Å². The van der Waals surface area contributed by atoms with Crippen LogP contribution in [0.15, 0.2) is 4.99 Å². The number of hydrogen-bond donors (Lipinski definition) is 7. The Morgan fingerprint density at radius 3 is 1.68 bits per heavy atom. The van der Waals surface area contributed by atoms with Gasteiger partial charge in [0.2, 0.25) is 17.7 Å². The summed E-state index contributed by atoms with van der Waals surface area (Å²) < 4.78 is 0. The molecular formula is C39H72N6O8. The van der Waals surface area contributed by atoms with Crippen LogP contribution >= 0.6 is 0 Å². The normalized spacial score (nSPS) is 14.0. The summed E-state index contributed by atoms with van der Waals surface area (Å²) in [7, 11) is 1.48. The highest BCUT2D eigenvalue weighted by molar-refractivity contribution is 5.96. The van der Waals surface area contributed by atoms with E-state index in [1.54, 1.807) is 0 Å². The highest BCUT2D eigenvalue weighted by Gasteiger charge is 2.34. The minimum absolute atomic E-state index is 0.1000. The van der Waals surface area contributed by atoms with Crippen molar-refractivity contribution in [1.82, 2.24) is 16.0 Å². The van der Waals surface area contributed by atoms with Gasteiger partial charge >= 0.3 is 5.97 Å². The monoisotopic (exact) mass is 753 g/mol. The molecule has 0 aromatic rings. The van der Waals surface area contributed by atoms with Gasteiger partial charge in [0, 0.05) is 38.8 Å². The summed E-state index contributed by atoms with van der Waals surface area (Å²) in [6, 6.07) is -2.44. The molecule has 0 aliphatic carbocycles. The fraction of sp³-hybridized carbons (Fsp3) is 0.821. The summed E-state index contributed by atoms with van der Waals surface area (Å²) in [6.07, 6.45) is 13.3. The number of nitrogens with two attached hydrogens (primary N) is 2. The van der Waals surface area contributed by atoms with Crippen LogP contribution in [0.4, 0.5) is 0 Å². The topological polar surface area (TPSA) is 243 Å². The van der Waals surface area contributed by atoms with E-state index in [1.807, 2.05) is 13.8 Å². The van der Waals surface area contributed by atoms with Crippen LogP contribution in [-0.2, 0) is 28.8 Å². The van der Waals surface area contributed by atoms with E-state index in [2.05, 4.69) is 27.9 Å². The zero-order valence-corrected chi connectivity index (χ0v) is 33.3. The number of aliphatic imine (C=N–C) groups is 1. The summed E-state index contributed by atoms with van der Waals surface area (Å²) in [5.41, 5.74) is 10.8. The second kappa shape index (κ2) is 29.9. The molecule has 0 rings (SSSR count). The number of hydrogen-bond acceptors (Lipinski definition) is 8. The third-order valence-electron chi connectivity index (χ3n) is 9.36. The van der Waals surface area contributed by atoms with Crippen LogP contribution in [0.5, 0.6) is 0 Å². The molecule has 0 aliphatic heterocycles.